The molecule has 3 aromatic rings. The highest BCUT2D eigenvalue weighted by atomic mass is 16.5. The van der Waals surface area contributed by atoms with Crippen molar-refractivity contribution in [3.8, 4) is 11.3 Å². The van der Waals surface area contributed by atoms with Crippen molar-refractivity contribution in [1.82, 2.24) is 19.9 Å². The van der Waals surface area contributed by atoms with Crippen LogP contribution in [0.2, 0.25) is 0 Å². The highest BCUT2D eigenvalue weighted by Crippen LogP contribution is 2.27. The molecule has 0 unspecified atom stereocenters. The Bertz CT molecular complexity index is 950. The number of amides is 2. The topological polar surface area (TPSA) is 104 Å². The predicted molar refractivity (Wildman–Crippen MR) is 106 cm³/mol. The third-order valence-corrected chi connectivity index (χ3v) is 4.53. The van der Waals surface area contributed by atoms with Gasteiger partial charge in [-0.25, -0.2) is 14.3 Å². The number of rotatable bonds is 5. The fraction of sp³-hybridized carbons (Fsp3) is 0.316. The number of aliphatic hydroxyl groups is 1. The molecule has 0 saturated carbocycles. The van der Waals surface area contributed by atoms with Crippen molar-refractivity contribution in [2.75, 3.05) is 49.7 Å². The minimum atomic E-state index is -0.352. The van der Waals surface area contributed by atoms with Crippen LogP contribution in [0, 0.1) is 0 Å². The van der Waals surface area contributed by atoms with Gasteiger partial charge in [-0.3, -0.25) is 0 Å². The molecule has 2 amide bonds. The molecule has 1 saturated heterocycles. The summed E-state index contributed by atoms with van der Waals surface area (Å²) in [6.07, 6.45) is 3.58. The number of fused-ring (bicyclic) bond motifs is 1. The van der Waals surface area contributed by atoms with Crippen LogP contribution in [0.1, 0.15) is 0 Å². The molecule has 0 bridgehead atoms. The maximum Gasteiger partial charge on any atom is 0.319 e. The van der Waals surface area contributed by atoms with Crippen LogP contribution in [-0.4, -0.2) is 65.2 Å². The molecule has 1 aliphatic rings. The summed E-state index contributed by atoms with van der Waals surface area (Å²) < 4.78 is 7.25. The molecule has 146 valence electrons. The first-order chi connectivity index (χ1) is 13.7. The van der Waals surface area contributed by atoms with Gasteiger partial charge in [0, 0.05) is 43.3 Å². The molecule has 0 atom stereocenters. The smallest absolute Gasteiger partial charge is 0.319 e. The minimum absolute atomic E-state index is 0.0970. The Morgan fingerprint density at radius 3 is 2.75 bits per heavy atom. The Balaban J connectivity index is 1.59. The van der Waals surface area contributed by atoms with E-state index in [4.69, 9.17) is 9.84 Å². The Hall–Kier alpha value is -3.17. The van der Waals surface area contributed by atoms with Gasteiger partial charge in [0.15, 0.2) is 5.65 Å². The molecule has 0 radical (unpaired) electrons. The summed E-state index contributed by atoms with van der Waals surface area (Å²) >= 11 is 0. The molecule has 1 aromatic carbocycles. The van der Waals surface area contributed by atoms with E-state index >= 15 is 0 Å². The molecule has 9 heteroatoms. The summed E-state index contributed by atoms with van der Waals surface area (Å²) in [5, 5.41) is 18.7. The summed E-state index contributed by atoms with van der Waals surface area (Å²) in [6.45, 7) is 3.14. The van der Waals surface area contributed by atoms with Gasteiger partial charge in [-0.2, -0.15) is 5.10 Å². The Kier molecular flexibility index (Phi) is 5.36. The Labute approximate surface area is 161 Å². The number of benzene rings is 1. The zero-order chi connectivity index (χ0) is 19.3. The summed E-state index contributed by atoms with van der Waals surface area (Å²) in [6, 6.07) is 9.16. The van der Waals surface area contributed by atoms with Crippen molar-refractivity contribution in [3.63, 3.8) is 0 Å². The van der Waals surface area contributed by atoms with Gasteiger partial charge in [-0.15, -0.1) is 0 Å². The second-order valence-electron chi connectivity index (χ2n) is 6.39. The fourth-order valence-corrected chi connectivity index (χ4v) is 3.15. The number of nitrogens with one attached hydrogen (secondary N) is 2. The summed E-state index contributed by atoms with van der Waals surface area (Å²) in [7, 11) is 0. The Morgan fingerprint density at radius 2 is 2.00 bits per heavy atom. The van der Waals surface area contributed by atoms with E-state index < -0.39 is 0 Å². The lowest BCUT2D eigenvalue weighted by Gasteiger charge is -2.29. The van der Waals surface area contributed by atoms with Gasteiger partial charge >= 0.3 is 6.03 Å². The van der Waals surface area contributed by atoms with Gasteiger partial charge in [0.25, 0.3) is 0 Å². The second-order valence-corrected chi connectivity index (χ2v) is 6.39. The van der Waals surface area contributed by atoms with Crippen LogP contribution < -0.4 is 15.5 Å². The quantitative estimate of drug-likeness (QED) is 0.615. The van der Waals surface area contributed by atoms with E-state index in [2.05, 4.69) is 25.6 Å². The average Bonchev–Trinajstić information content (AvgIpc) is 3.21. The number of anilines is 2. The molecular formula is C19H22N6O3. The van der Waals surface area contributed by atoms with E-state index in [0.29, 0.717) is 18.9 Å². The fourth-order valence-electron chi connectivity index (χ4n) is 3.15. The van der Waals surface area contributed by atoms with Crippen LogP contribution in [-0.2, 0) is 4.74 Å². The molecule has 3 N–H and O–H groups in total. The number of urea groups is 1. The number of aliphatic hydroxyl groups excluding tert-OH is 1. The summed E-state index contributed by atoms with van der Waals surface area (Å²) in [5.41, 5.74) is 4.28. The van der Waals surface area contributed by atoms with E-state index in [1.807, 2.05) is 36.5 Å². The monoisotopic (exact) mass is 382 g/mol. The van der Waals surface area contributed by atoms with Crippen LogP contribution in [0.3, 0.4) is 0 Å². The third kappa shape index (κ3) is 3.90. The van der Waals surface area contributed by atoms with Crippen molar-refractivity contribution >= 4 is 23.1 Å². The zero-order valence-electron chi connectivity index (χ0n) is 15.3. The number of nitrogens with zero attached hydrogens (tertiary/aromatic N) is 4. The molecule has 9 nitrogen and oxygen atoms in total. The van der Waals surface area contributed by atoms with E-state index in [9.17, 15) is 4.79 Å². The van der Waals surface area contributed by atoms with Gasteiger partial charge in [0.2, 0.25) is 0 Å². The standard InChI is InChI=1S/C19H22N6O3/c26-10-6-21-19(27)22-15-3-1-14(2-4-15)16-13-17(24-8-11-28-12-9-24)18-20-5-7-25(18)23-16/h1-5,7,13,26H,6,8-12H2,(H2,21,22,27). The SMILES string of the molecule is O=C(NCCO)Nc1ccc(-c2cc(N3CCOCC3)c3nccn3n2)cc1. The molecule has 2 aromatic heterocycles. The van der Waals surface area contributed by atoms with E-state index in [-0.39, 0.29) is 19.2 Å². The number of carbonyl (C=O) groups is 1. The van der Waals surface area contributed by atoms with Gasteiger partial charge in [0.05, 0.1) is 31.2 Å². The number of imidazole rings is 1. The van der Waals surface area contributed by atoms with Crippen molar-refractivity contribution in [1.29, 1.82) is 0 Å². The number of hydrogen-bond donors (Lipinski definition) is 3. The third-order valence-electron chi connectivity index (χ3n) is 4.53. The van der Waals surface area contributed by atoms with Gasteiger partial charge in [-0.05, 0) is 18.2 Å². The van der Waals surface area contributed by atoms with E-state index in [0.717, 1.165) is 35.7 Å². The van der Waals surface area contributed by atoms with Gasteiger partial charge < -0.3 is 25.4 Å². The zero-order valence-corrected chi connectivity index (χ0v) is 15.3. The largest absolute Gasteiger partial charge is 0.395 e. The van der Waals surface area contributed by atoms with Crippen molar-refractivity contribution in [2.24, 2.45) is 0 Å². The first-order valence-electron chi connectivity index (χ1n) is 9.18. The van der Waals surface area contributed by atoms with Gasteiger partial charge in [0.1, 0.15) is 0 Å². The van der Waals surface area contributed by atoms with Gasteiger partial charge in [-0.1, -0.05) is 12.1 Å². The normalized spacial score (nSPS) is 14.2. The van der Waals surface area contributed by atoms with Crippen molar-refractivity contribution in [3.05, 3.63) is 42.7 Å². The summed E-state index contributed by atoms with van der Waals surface area (Å²) in [4.78, 5) is 18.4. The van der Waals surface area contributed by atoms with E-state index in [1.165, 1.54) is 0 Å². The predicted octanol–water partition coefficient (Wildman–Crippen LogP) is 1.35. The van der Waals surface area contributed by atoms with Crippen molar-refractivity contribution < 1.29 is 14.6 Å². The number of morpholine rings is 1. The lowest BCUT2D eigenvalue weighted by Crippen LogP contribution is -2.36. The lowest BCUT2D eigenvalue weighted by atomic mass is 10.1. The number of ether oxygens (including phenoxy) is 1. The van der Waals surface area contributed by atoms with Crippen LogP contribution in [0.25, 0.3) is 16.9 Å². The number of aromatic nitrogens is 3. The van der Waals surface area contributed by atoms with E-state index in [1.54, 1.807) is 10.7 Å². The highest BCUT2D eigenvalue weighted by molar-refractivity contribution is 5.89. The second kappa shape index (κ2) is 8.24. The molecule has 3 heterocycles. The highest BCUT2D eigenvalue weighted by Gasteiger charge is 2.17. The van der Waals surface area contributed by atoms with Crippen LogP contribution >= 0.6 is 0 Å². The number of hydrogen-bond acceptors (Lipinski definition) is 6. The molecule has 0 aliphatic carbocycles. The van der Waals surface area contributed by atoms with Crippen LogP contribution in [0.15, 0.2) is 42.7 Å². The van der Waals surface area contributed by atoms with Crippen LogP contribution in [0.5, 0.6) is 0 Å². The molecule has 0 spiro atoms. The lowest BCUT2D eigenvalue weighted by molar-refractivity contribution is 0.123. The molecule has 28 heavy (non-hydrogen) atoms. The minimum Gasteiger partial charge on any atom is -0.395 e. The average molecular weight is 382 g/mol. The maximum atomic E-state index is 11.7. The van der Waals surface area contributed by atoms with Crippen LogP contribution in [0.4, 0.5) is 16.2 Å². The first kappa shape index (κ1) is 18.2. The molecular weight excluding hydrogens is 360 g/mol. The number of carbonyl (C=O) groups excluding carboxylic acids is 1. The first-order valence-corrected chi connectivity index (χ1v) is 9.18. The maximum absolute atomic E-state index is 11.7. The van der Waals surface area contributed by atoms with Crippen molar-refractivity contribution in [2.45, 2.75) is 0 Å². The summed E-state index contributed by atoms with van der Waals surface area (Å²) in [5.74, 6) is 0. The molecule has 1 aliphatic heterocycles. The Morgan fingerprint density at radius 1 is 1.21 bits per heavy atom. The molecule has 4 rings (SSSR count). The molecule has 1 fully saturated rings.